The van der Waals surface area contributed by atoms with Gasteiger partial charge in [0.25, 0.3) is 5.91 Å². The molecule has 2 amide bonds. The average Bonchev–Trinajstić information content (AvgIpc) is 2.83. The quantitative estimate of drug-likeness (QED) is 0.437. The van der Waals surface area contributed by atoms with Crippen molar-refractivity contribution in [3.05, 3.63) is 107 Å². The first-order valence-corrected chi connectivity index (χ1v) is 12.1. The summed E-state index contributed by atoms with van der Waals surface area (Å²) in [7, 11) is 0. The molecule has 0 saturated carbocycles. The van der Waals surface area contributed by atoms with Crippen molar-refractivity contribution >= 4 is 17.8 Å². The number of nitrogens with one attached hydrogen (secondary N) is 2. The van der Waals surface area contributed by atoms with Gasteiger partial charge >= 0.3 is 6.09 Å². The van der Waals surface area contributed by atoms with E-state index in [0.717, 1.165) is 16.7 Å². The number of alkyl carbamates (subject to hydrolysis) is 1. The third-order valence-corrected chi connectivity index (χ3v) is 5.54. The lowest BCUT2D eigenvalue weighted by molar-refractivity contribution is -0.120. The Balaban J connectivity index is 1.78. The Morgan fingerprint density at radius 1 is 0.861 bits per heavy atom. The molecule has 0 heterocycles. The molecule has 6 nitrogen and oxygen atoms in total. The molecule has 0 radical (unpaired) electrons. The number of ketones is 1. The van der Waals surface area contributed by atoms with Crippen LogP contribution in [-0.4, -0.2) is 29.4 Å². The number of Topliss-reactive ketones (excluding diaryl/α,β-unsaturated/α-hetero) is 1. The Hall–Kier alpha value is -3.93. The topological polar surface area (TPSA) is 84.5 Å². The molecule has 0 saturated heterocycles. The molecule has 0 aliphatic carbocycles. The monoisotopic (exact) mass is 486 g/mol. The zero-order valence-electron chi connectivity index (χ0n) is 21.3. The van der Waals surface area contributed by atoms with E-state index in [2.05, 4.69) is 10.6 Å². The molecule has 6 heteroatoms. The molecule has 0 fully saturated rings. The molecule has 3 rings (SSSR count). The second-order valence-electron chi connectivity index (χ2n) is 9.96. The Morgan fingerprint density at radius 2 is 1.47 bits per heavy atom. The van der Waals surface area contributed by atoms with E-state index in [1.165, 1.54) is 0 Å². The number of amides is 2. The predicted octanol–water partition coefficient (Wildman–Crippen LogP) is 5.17. The lowest BCUT2D eigenvalue weighted by atomic mass is 9.94. The molecule has 1 unspecified atom stereocenters. The van der Waals surface area contributed by atoms with Gasteiger partial charge in [0, 0.05) is 17.5 Å². The van der Waals surface area contributed by atoms with Gasteiger partial charge in [-0.25, -0.2) is 4.79 Å². The van der Waals surface area contributed by atoms with Gasteiger partial charge in [0.1, 0.15) is 6.61 Å². The summed E-state index contributed by atoms with van der Waals surface area (Å²) in [6.45, 7) is 7.74. The first-order valence-electron chi connectivity index (χ1n) is 12.1. The maximum absolute atomic E-state index is 13.5. The Morgan fingerprint density at radius 3 is 2.08 bits per heavy atom. The smallest absolute Gasteiger partial charge is 0.408 e. The molecule has 3 aromatic rings. The maximum Gasteiger partial charge on any atom is 0.408 e. The summed E-state index contributed by atoms with van der Waals surface area (Å²) in [5.41, 5.74) is 3.35. The number of ether oxygens (including phenoxy) is 1. The van der Waals surface area contributed by atoms with Crippen molar-refractivity contribution in [1.82, 2.24) is 10.6 Å². The molecule has 0 aromatic heterocycles. The maximum atomic E-state index is 13.5. The van der Waals surface area contributed by atoms with Crippen LogP contribution in [0.4, 0.5) is 4.79 Å². The highest BCUT2D eigenvalue weighted by Crippen LogP contribution is 2.16. The minimum absolute atomic E-state index is 0.00361. The first-order chi connectivity index (χ1) is 17.1. The molecule has 0 bridgehead atoms. The van der Waals surface area contributed by atoms with Gasteiger partial charge in [-0.15, -0.1) is 0 Å². The van der Waals surface area contributed by atoms with Crippen LogP contribution in [0.3, 0.4) is 0 Å². The molecule has 0 aliphatic heterocycles. The van der Waals surface area contributed by atoms with Gasteiger partial charge in [-0.2, -0.15) is 0 Å². The highest BCUT2D eigenvalue weighted by molar-refractivity contribution is 5.98. The zero-order valence-corrected chi connectivity index (χ0v) is 21.3. The largest absolute Gasteiger partial charge is 0.445 e. The van der Waals surface area contributed by atoms with Gasteiger partial charge in [0.05, 0.1) is 6.04 Å². The predicted molar refractivity (Wildman–Crippen MR) is 141 cm³/mol. The SMILES string of the molecule is Cc1ccc(CC(=O)C(Cc2ccccc2)NC(=O)OCc2ccccc2)c(C(=O)NC(C)(C)C)c1. The summed E-state index contributed by atoms with van der Waals surface area (Å²) < 4.78 is 5.36. The van der Waals surface area contributed by atoms with Crippen LogP contribution in [0.5, 0.6) is 0 Å². The summed E-state index contributed by atoms with van der Waals surface area (Å²) in [5.74, 6) is -0.437. The third-order valence-electron chi connectivity index (χ3n) is 5.54. The van der Waals surface area contributed by atoms with Gasteiger partial charge in [-0.05, 0) is 56.9 Å². The summed E-state index contributed by atoms with van der Waals surface area (Å²) in [6, 6.07) is 23.5. The number of benzene rings is 3. The molecule has 0 aliphatic rings. The number of carbonyl (C=O) groups excluding carboxylic acids is 3. The number of aryl methyl sites for hydroxylation is 1. The fraction of sp³-hybridized carbons (Fsp3) is 0.300. The summed E-state index contributed by atoms with van der Waals surface area (Å²) in [4.78, 5) is 39.0. The van der Waals surface area contributed by atoms with Gasteiger partial charge in [-0.1, -0.05) is 78.4 Å². The summed E-state index contributed by atoms with van der Waals surface area (Å²) in [5, 5.41) is 5.71. The van der Waals surface area contributed by atoms with Crippen molar-refractivity contribution in [2.45, 2.75) is 58.7 Å². The van der Waals surface area contributed by atoms with Crippen LogP contribution in [0.2, 0.25) is 0 Å². The molecule has 3 aromatic carbocycles. The second-order valence-corrected chi connectivity index (χ2v) is 9.96. The van der Waals surface area contributed by atoms with Crippen molar-refractivity contribution in [1.29, 1.82) is 0 Å². The Bertz CT molecular complexity index is 1180. The molecule has 2 N–H and O–H groups in total. The van der Waals surface area contributed by atoms with Crippen LogP contribution in [0.1, 0.15) is 53.4 Å². The fourth-order valence-electron chi connectivity index (χ4n) is 3.78. The van der Waals surface area contributed by atoms with Gasteiger partial charge < -0.3 is 15.4 Å². The Labute approximate surface area is 213 Å². The van der Waals surface area contributed by atoms with Crippen LogP contribution in [0.25, 0.3) is 0 Å². The van der Waals surface area contributed by atoms with Gasteiger partial charge in [0.2, 0.25) is 0 Å². The van der Waals surface area contributed by atoms with Crippen molar-refractivity contribution in [2.75, 3.05) is 0 Å². The van der Waals surface area contributed by atoms with Gasteiger partial charge in [-0.3, -0.25) is 9.59 Å². The highest BCUT2D eigenvalue weighted by atomic mass is 16.5. The summed E-state index contributed by atoms with van der Waals surface area (Å²) >= 11 is 0. The van der Waals surface area contributed by atoms with Crippen molar-refractivity contribution < 1.29 is 19.1 Å². The second kappa shape index (κ2) is 12.2. The standard InChI is InChI=1S/C30H34N2O4/c1-21-15-16-24(25(17-21)28(34)32-30(2,3)4)19-27(33)26(18-22-11-7-5-8-12-22)31-29(35)36-20-23-13-9-6-10-14-23/h5-17,26H,18-20H2,1-4H3,(H,31,35)(H,32,34). The molecule has 1 atom stereocenters. The van der Waals surface area contributed by atoms with E-state index in [1.807, 2.05) is 94.4 Å². The third kappa shape index (κ3) is 8.38. The molecule has 36 heavy (non-hydrogen) atoms. The first kappa shape index (κ1) is 26.7. The summed E-state index contributed by atoms with van der Waals surface area (Å²) in [6.07, 6.45) is -0.346. The van der Waals surface area contributed by atoms with Crippen LogP contribution < -0.4 is 10.6 Å². The van der Waals surface area contributed by atoms with E-state index >= 15 is 0 Å². The number of hydrogen-bond acceptors (Lipinski definition) is 4. The lowest BCUT2D eigenvalue weighted by Gasteiger charge is -2.22. The minimum Gasteiger partial charge on any atom is -0.445 e. The average molecular weight is 487 g/mol. The minimum atomic E-state index is -0.810. The van der Waals surface area contributed by atoms with Gasteiger partial charge in [0.15, 0.2) is 5.78 Å². The van der Waals surface area contributed by atoms with Crippen LogP contribution in [0.15, 0.2) is 78.9 Å². The normalized spacial score (nSPS) is 11.9. The molecule has 0 spiro atoms. The van der Waals surface area contributed by atoms with E-state index < -0.39 is 17.7 Å². The van der Waals surface area contributed by atoms with Crippen molar-refractivity contribution in [3.63, 3.8) is 0 Å². The fourth-order valence-corrected chi connectivity index (χ4v) is 3.78. The number of rotatable bonds is 9. The lowest BCUT2D eigenvalue weighted by Crippen LogP contribution is -2.44. The zero-order chi connectivity index (χ0) is 26.1. The van der Waals surface area contributed by atoms with Crippen molar-refractivity contribution in [2.24, 2.45) is 0 Å². The highest BCUT2D eigenvalue weighted by Gasteiger charge is 2.25. The van der Waals surface area contributed by atoms with E-state index in [0.29, 0.717) is 17.5 Å². The van der Waals surface area contributed by atoms with Crippen molar-refractivity contribution in [3.8, 4) is 0 Å². The van der Waals surface area contributed by atoms with E-state index in [4.69, 9.17) is 4.74 Å². The van der Waals surface area contributed by atoms with Crippen LogP contribution >= 0.6 is 0 Å². The van der Waals surface area contributed by atoms with Crippen LogP contribution in [-0.2, 0) is 29.0 Å². The molecular formula is C30H34N2O4. The molecule has 188 valence electrons. The van der Waals surface area contributed by atoms with E-state index in [9.17, 15) is 14.4 Å². The Kier molecular flexibility index (Phi) is 9.01. The van der Waals surface area contributed by atoms with E-state index in [-0.39, 0.29) is 24.7 Å². The van der Waals surface area contributed by atoms with E-state index in [1.54, 1.807) is 12.1 Å². The number of hydrogen-bond donors (Lipinski definition) is 2. The van der Waals surface area contributed by atoms with Crippen LogP contribution in [0, 0.1) is 6.92 Å². The number of carbonyl (C=O) groups is 3. The molecular weight excluding hydrogens is 452 g/mol.